The molecule has 44 heavy (non-hydrogen) atoms. The molecule has 1 aliphatic rings. The fourth-order valence-electron chi connectivity index (χ4n) is 4.45. The van der Waals surface area contributed by atoms with Gasteiger partial charge in [0.2, 0.25) is 0 Å². The van der Waals surface area contributed by atoms with Crippen LogP contribution in [0.2, 0.25) is 0 Å². The number of aromatic nitrogens is 1. The highest BCUT2D eigenvalue weighted by Gasteiger charge is 2.24. The number of pyridine rings is 1. The smallest absolute Gasteiger partial charge is 0.337 e. The summed E-state index contributed by atoms with van der Waals surface area (Å²) in [6.07, 6.45) is 1.20. The lowest BCUT2D eigenvalue weighted by atomic mass is 10.2. The molecule has 0 unspecified atom stereocenters. The molecule has 248 valence electrons. The van der Waals surface area contributed by atoms with Gasteiger partial charge in [-0.15, -0.1) is 0 Å². The molecule has 0 radical (unpaired) electrons. The predicted molar refractivity (Wildman–Crippen MR) is 166 cm³/mol. The summed E-state index contributed by atoms with van der Waals surface area (Å²) in [4.78, 5) is 61.7. The second-order valence-electron chi connectivity index (χ2n) is 12.8. The molecule has 2 rings (SSSR count). The van der Waals surface area contributed by atoms with E-state index in [0.29, 0.717) is 45.1 Å². The van der Waals surface area contributed by atoms with E-state index in [2.05, 4.69) is 27.7 Å². The van der Waals surface area contributed by atoms with E-state index in [9.17, 15) is 19.2 Å². The van der Waals surface area contributed by atoms with Crippen LogP contribution in [0.5, 0.6) is 0 Å². The van der Waals surface area contributed by atoms with Crippen LogP contribution in [0.3, 0.4) is 0 Å². The molecule has 0 saturated carbocycles. The molecule has 1 saturated heterocycles. The summed E-state index contributed by atoms with van der Waals surface area (Å²) < 4.78 is 11.1. The average molecular weight is 622 g/mol. The summed E-state index contributed by atoms with van der Waals surface area (Å²) in [5.74, 6) is -1.72. The molecule has 0 aliphatic carbocycles. The highest BCUT2D eigenvalue weighted by Crippen LogP contribution is 2.10. The van der Waals surface area contributed by atoms with Crippen LogP contribution in [-0.4, -0.2) is 143 Å². The van der Waals surface area contributed by atoms with Crippen molar-refractivity contribution in [2.75, 3.05) is 84.0 Å². The Labute approximate surface area is 261 Å². The lowest BCUT2D eigenvalue weighted by Crippen LogP contribution is -2.50. The number of aromatic carboxylic acids is 1. The van der Waals surface area contributed by atoms with Crippen molar-refractivity contribution in [2.24, 2.45) is 0 Å². The third-order valence-corrected chi connectivity index (χ3v) is 6.63. The van der Waals surface area contributed by atoms with Gasteiger partial charge in [-0.05, 0) is 60.2 Å². The van der Waals surface area contributed by atoms with Gasteiger partial charge in [-0.1, -0.05) is 6.92 Å². The first-order valence-electron chi connectivity index (χ1n) is 15.1. The van der Waals surface area contributed by atoms with E-state index >= 15 is 0 Å². The molecule has 2 heterocycles. The number of ether oxygens (including phenoxy) is 2. The number of hydrogen-bond acceptors (Lipinski definition) is 12. The first kappa shape index (κ1) is 36.9. The van der Waals surface area contributed by atoms with Crippen LogP contribution >= 0.6 is 0 Å². The monoisotopic (exact) mass is 621 g/mol. The number of anilines is 1. The van der Waals surface area contributed by atoms with Gasteiger partial charge >= 0.3 is 17.9 Å². The van der Waals surface area contributed by atoms with E-state index in [0.717, 1.165) is 19.6 Å². The zero-order valence-corrected chi connectivity index (χ0v) is 27.4. The molecule has 1 aliphatic heterocycles. The van der Waals surface area contributed by atoms with Crippen molar-refractivity contribution in [1.82, 2.24) is 30.0 Å². The van der Waals surface area contributed by atoms with E-state index in [1.165, 1.54) is 18.3 Å². The number of amides is 1. The number of likely N-dealkylation sites (N-methyl/N-ethyl adjacent to an activating group) is 1. The Balaban J connectivity index is 2.14. The number of nitrogens with one attached hydrogen (secondary N) is 2. The molecular weight excluding hydrogens is 570 g/mol. The summed E-state index contributed by atoms with van der Waals surface area (Å²) in [7, 11) is 0. The summed E-state index contributed by atoms with van der Waals surface area (Å²) >= 11 is 0. The van der Waals surface area contributed by atoms with Gasteiger partial charge in [0.1, 0.15) is 17.0 Å². The van der Waals surface area contributed by atoms with Crippen LogP contribution < -0.4 is 10.9 Å². The van der Waals surface area contributed by atoms with E-state index in [1.54, 1.807) is 0 Å². The Morgan fingerprint density at radius 1 is 0.750 bits per heavy atom. The molecule has 0 spiro atoms. The number of carboxylic acids is 1. The molecule has 1 fully saturated rings. The van der Waals surface area contributed by atoms with E-state index in [-0.39, 0.29) is 43.0 Å². The Hall–Kier alpha value is -3.33. The lowest BCUT2D eigenvalue weighted by Gasteiger charge is -2.34. The Morgan fingerprint density at radius 3 is 1.55 bits per heavy atom. The van der Waals surface area contributed by atoms with Gasteiger partial charge in [0.05, 0.1) is 25.2 Å². The molecule has 1 amide bonds. The number of rotatable bonds is 10. The minimum Gasteiger partial charge on any atom is -0.478 e. The molecule has 0 atom stereocenters. The maximum atomic E-state index is 12.9. The Kier molecular flexibility index (Phi) is 14.4. The van der Waals surface area contributed by atoms with Crippen molar-refractivity contribution in [3.8, 4) is 0 Å². The second-order valence-corrected chi connectivity index (χ2v) is 12.8. The van der Waals surface area contributed by atoms with Gasteiger partial charge in [-0.3, -0.25) is 39.9 Å². The van der Waals surface area contributed by atoms with Crippen LogP contribution in [0.15, 0.2) is 18.3 Å². The van der Waals surface area contributed by atoms with Gasteiger partial charge in [0.25, 0.3) is 5.91 Å². The van der Waals surface area contributed by atoms with Crippen LogP contribution in [0.1, 0.15) is 58.8 Å². The number of carbonyl (C=O) groups is 4. The maximum Gasteiger partial charge on any atom is 0.337 e. The standard InChI is InChI=1S/C30H51N7O7/c1-8-34-11-13-36(21-26(39)43-29(2,3)4)17-15-35(16-18-37(14-12-34)22-27(40)44-30(5,6)7)20-25(38)33-32-24-10-9-23(19-31-24)28(41)42/h9-10,19H,8,11-18,20-22H2,1-7H3,(H,31,32)(H,33,38)(H,41,42). The van der Waals surface area contributed by atoms with Crippen molar-refractivity contribution in [2.45, 2.75) is 59.7 Å². The molecule has 1 aromatic rings. The zero-order valence-electron chi connectivity index (χ0n) is 27.4. The van der Waals surface area contributed by atoms with Crippen molar-refractivity contribution in [1.29, 1.82) is 0 Å². The van der Waals surface area contributed by atoms with Crippen molar-refractivity contribution in [3.05, 3.63) is 23.9 Å². The summed E-state index contributed by atoms with van der Waals surface area (Å²) in [6.45, 7) is 19.1. The number of carboxylic acid groups (broad SMARTS) is 1. The highest BCUT2D eigenvalue weighted by atomic mass is 16.6. The summed E-state index contributed by atoms with van der Waals surface area (Å²) in [5, 5.41) is 9.05. The summed E-state index contributed by atoms with van der Waals surface area (Å²) in [5.41, 5.74) is 4.19. The van der Waals surface area contributed by atoms with Gasteiger partial charge in [-0.2, -0.15) is 0 Å². The zero-order chi connectivity index (χ0) is 32.9. The van der Waals surface area contributed by atoms with E-state index in [1.807, 2.05) is 56.2 Å². The van der Waals surface area contributed by atoms with Gasteiger partial charge in [0.15, 0.2) is 0 Å². The van der Waals surface area contributed by atoms with Crippen LogP contribution in [0.4, 0.5) is 5.82 Å². The van der Waals surface area contributed by atoms with Crippen LogP contribution in [-0.2, 0) is 23.9 Å². The Morgan fingerprint density at radius 2 is 1.18 bits per heavy atom. The lowest BCUT2D eigenvalue weighted by molar-refractivity contribution is -0.157. The maximum absolute atomic E-state index is 12.9. The number of hydrazine groups is 1. The van der Waals surface area contributed by atoms with Crippen LogP contribution in [0.25, 0.3) is 0 Å². The van der Waals surface area contributed by atoms with E-state index in [4.69, 9.17) is 14.6 Å². The van der Waals surface area contributed by atoms with Gasteiger partial charge in [-0.25, -0.2) is 9.78 Å². The third kappa shape index (κ3) is 15.4. The topological polar surface area (TPSA) is 157 Å². The molecule has 3 N–H and O–H groups in total. The fraction of sp³-hybridized carbons (Fsp3) is 0.700. The van der Waals surface area contributed by atoms with Crippen molar-refractivity contribution >= 4 is 29.6 Å². The molecule has 0 bridgehead atoms. The molecule has 14 nitrogen and oxygen atoms in total. The Bertz CT molecular complexity index is 1040. The summed E-state index contributed by atoms with van der Waals surface area (Å²) in [6, 6.07) is 2.85. The highest BCUT2D eigenvalue weighted by molar-refractivity contribution is 5.87. The fourth-order valence-corrected chi connectivity index (χ4v) is 4.45. The molecule has 14 heteroatoms. The van der Waals surface area contributed by atoms with E-state index < -0.39 is 17.2 Å². The molecule has 0 aromatic carbocycles. The quantitative estimate of drug-likeness (QED) is 0.253. The minimum absolute atomic E-state index is 0.0372. The molecule has 1 aromatic heterocycles. The van der Waals surface area contributed by atoms with Gasteiger partial charge < -0.3 is 19.5 Å². The predicted octanol–water partition coefficient (Wildman–Crippen LogP) is 1.15. The first-order chi connectivity index (χ1) is 20.5. The second kappa shape index (κ2) is 17.2. The number of esters is 2. The number of nitrogens with zero attached hydrogens (tertiary/aromatic N) is 5. The SMILES string of the molecule is CCN1CCN(CC(=O)OC(C)(C)C)CCN(CC(=O)NNc2ccc(C(=O)O)cn2)CCN(CC(=O)OC(C)(C)C)CC1. The third-order valence-electron chi connectivity index (χ3n) is 6.63. The largest absolute Gasteiger partial charge is 0.478 e. The number of carbonyl (C=O) groups excluding carboxylic acids is 3. The average Bonchev–Trinajstić information content (AvgIpc) is 2.90. The molecular formula is C30H51N7O7. The first-order valence-corrected chi connectivity index (χ1v) is 15.1. The normalized spacial score (nSPS) is 17.2. The van der Waals surface area contributed by atoms with Crippen molar-refractivity contribution in [3.63, 3.8) is 0 Å². The van der Waals surface area contributed by atoms with Crippen LogP contribution in [0, 0.1) is 0 Å². The van der Waals surface area contributed by atoms with Crippen molar-refractivity contribution < 1.29 is 33.8 Å². The number of hydrogen-bond donors (Lipinski definition) is 3. The minimum atomic E-state index is -1.09. The van der Waals surface area contributed by atoms with Gasteiger partial charge in [0, 0.05) is 58.6 Å².